The first-order chi connectivity index (χ1) is 13.4. The Bertz CT molecular complexity index is 1060. The highest BCUT2D eigenvalue weighted by Gasteiger charge is 2.20. The molecule has 0 saturated heterocycles. The molecule has 0 atom stereocenters. The molecule has 3 N–H and O–H groups in total. The van der Waals surface area contributed by atoms with Crippen LogP contribution in [0.4, 0.5) is 19.1 Å². The minimum atomic E-state index is -2.93. The first-order valence-corrected chi connectivity index (χ1v) is 8.13. The van der Waals surface area contributed by atoms with Crippen molar-refractivity contribution in [3.8, 4) is 17.1 Å². The van der Waals surface area contributed by atoms with E-state index >= 15 is 0 Å². The van der Waals surface area contributed by atoms with E-state index in [-0.39, 0.29) is 47.2 Å². The van der Waals surface area contributed by atoms with Crippen LogP contribution in [0.5, 0.6) is 5.75 Å². The summed E-state index contributed by atoms with van der Waals surface area (Å²) in [4.78, 5) is 17.9. The number of hydrogen-bond acceptors (Lipinski definition) is 5. The van der Waals surface area contributed by atoms with Gasteiger partial charge in [0.1, 0.15) is 29.6 Å². The van der Waals surface area contributed by atoms with Gasteiger partial charge in [-0.2, -0.15) is 13.9 Å². The molecule has 0 unspecified atom stereocenters. The molecule has 0 bridgehead atoms. The summed E-state index contributed by atoms with van der Waals surface area (Å²) in [6.07, 6.45) is 2.45. The molecule has 10 heteroatoms. The molecule has 2 aromatic heterocycles. The van der Waals surface area contributed by atoms with Crippen molar-refractivity contribution in [2.45, 2.75) is 13.0 Å². The smallest absolute Gasteiger partial charge is 0.333 e. The van der Waals surface area contributed by atoms with Crippen molar-refractivity contribution < 1.29 is 17.9 Å². The standard InChI is InChI=1S/C18H16F3N5O2/c1-2-6-28-14-5-3-4-12(19)11(14)7-10-9-26(17(20)21)25-16(10)13-8-15(27)24-18(22)23-13/h2-5,8-9,17H,1,6-7H2,(H3,22,23,24,27). The van der Waals surface area contributed by atoms with Gasteiger partial charge in [-0.1, -0.05) is 18.7 Å². The molecule has 0 aliphatic carbocycles. The molecule has 0 aliphatic heterocycles. The van der Waals surface area contributed by atoms with Gasteiger partial charge in [0.2, 0.25) is 5.95 Å². The molecule has 0 saturated carbocycles. The topological polar surface area (TPSA) is 98.8 Å². The number of nitrogens with zero attached hydrogens (tertiary/aromatic N) is 3. The van der Waals surface area contributed by atoms with E-state index < -0.39 is 17.9 Å². The number of H-pyrrole nitrogens is 1. The zero-order valence-electron chi connectivity index (χ0n) is 14.5. The number of nitrogens with two attached hydrogens (primary N) is 1. The Balaban J connectivity index is 2.10. The van der Waals surface area contributed by atoms with Crippen LogP contribution in [0.25, 0.3) is 11.4 Å². The van der Waals surface area contributed by atoms with Crippen LogP contribution in [-0.4, -0.2) is 26.4 Å². The maximum Gasteiger partial charge on any atom is 0.333 e. The van der Waals surface area contributed by atoms with Gasteiger partial charge in [0.05, 0.1) is 0 Å². The Morgan fingerprint density at radius 3 is 2.86 bits per heavy atom. The third-order valence-corrected chi connectivity index (χ3v) is 3.81. The Hall–Kier alpha value is -3.56. The second-order valence-corrected chi connectivity index (χ2v) is 5.77. The van der Waals surface area contributed by atoms with E-state index in [0.29, 0.717) is 4.68 Å². The molecule has 0 aliphatic rings. The van der Waals surface area contributed by atoms with E-state index in [0.717, 1.165) is 12.3 Å². The highest BCUT2D eigenvalue weighted by Crippen LogP contribution is 2.29. The van der Waals surface area contributed by atoms with Gasteiger partial charge in [-0.15, -0.1) is 0 Å². The van der Waals surface area contributed by atoms with Gasteiger partial charge in [-0.25, -0.2) is 14.1 Å². The number of aromatic amines is 1. The predicted octanol–water partition coefficient (Wildman–Crippen LogP) is 2.91. The van der Waals surface area contributed by atoms with Crippen molar-refractivity contribution in [3.63, 3.8) is 0 Å². The van der Waals surface area contributed by atoms with E-state index in [9.17, 15) is 18.0 Å². The summed E-state index contributed by atoms with van der Waals surface area (Å²) < 4.78 is 46.6. The number of halogens is 3. The van der Waals surface area contributed by atoms with Crippen molar-refractivity contribution in [1.29, 1.82) is 0 Å². The van der Waals surface area contributed by atoms with Crippen LogP contribution in [0.2, 0.25) is 0 Å². The first kappa shape index (κ1) is 19.2. The van der Waals surface area contributed by atoms with E-state index in [1.165, 1.54) is 18.2 Å². The monoisotopic (exact) mass is 391 g/mol. The van der Waals surface area contributed by atoms with Crippen molar-refractivity contribution in [2.75, 3.05) is 12.3 Å². The van der Waals surface area contributed by atoms with Gasteiger partial charge in [0, 0.05) is 29.8 Å². The zero-order valence-corrected chi connectivity index (χ0v) is 14.5. The summed E-state index contributed by atoms with van der Waals surface area (Å²) in [6.45, 7) is 0.754. The quantitative estimate of drug-likeness (QED) is 0.604. The Morgan fingerprint density at radius 2 is 2.18 bits per heavy atom. The number of benzene rings is 1. The lowest BCUT2D eigenvalue weighted by Crippen LogP contribution is -2.11. The van der Waals surface area contributed by atoms with Crippen LogP contribution in [0, 0.1) is 5.82 Å². The van der Waals surface area contributed by atoms with Crippen LogP contribution in [0.15, 0.2) is 47.9 Å². The fraction of sp³-hybridized carbons (Fsp3) is 0.167. The lowest BCUT2D eigenvalue weighted by atomic mass is 10.0. The molecule has 1 aromatic carbocycles. The minimum Gasteiger partial charge on any atom is -0.489 e. The van der Waals surface area contributed by atoms with Gasteiger partial charge in [0.25, 0.3) is 5.56 Å². The zero-order chi connectivity index (χ0) is 20.3. The summed E-state index contributed by atoms with van der Waals surface area (Å²) in [5.41, 5.74) is 5.34. The van der Waals surface area contributed by atoms with Gasteiger partial charge in [-0.05, 0) is 12.1 Å². The number of nitrogen functional groups attached to an aromatic ring is 1. The molecule has 3 aromatic rings. The summed E-state index contributed by atoms with van der Waals surface area (Å²) in [7, 11) is 0. The van der Waals surface area contributed by atoms with Crippen molar-refractivity contribution in [1.82, 2.24) is 19.7 Å². The maximum absolute atomic E-state index is 14.4. The normalized spacial score (nSPS) is 11.0. The molecule has 3 rings (SSSR count). The summed E-state index contributed by atoms with van der Waals surface area (Å²) in [5, 5.41) is 3.80. The lowest BCUT2D eigenvalue weighted by Gasteiger charge is -2.11. The molecule has 2 heterocycles. The summed E-state index contributed by atoms with van der Waals surface area (Å²) in [6, 6.07) is 5.34. The van der Waals surface area contributed by atoms with Crippen LogP contribution < -0.4 is 16.0 Å². The SMILES string of the molecule is C=CCOc1cccc(F)c1Cc1cn(C(F)F)nc1-c1cc(=O)[nH]c(N)n1. The molecule has 146 valence electrons. The predicted molar refractivity (Wildman–Crippen MR) is 96.6 cm³/mol. The average Bonchev–Trinajstić information content (AvgIpc) is 3.06. The number of anilines is 1. The number of aromatic nitrogens is 4. The number of hydrogen-bond donors (Lipinski definition) is 2. The molecule has 0 amide bonds. The van der Waals surface area contributed by atoms with Gasteiger partial charge in [-0.3, -0.25) is 9.78 Å². The third kappa shape index (κ3) is 4.05. The molecule has 0 spiro atoms. The molecular formula is C18H16F3N5O2. The fourth-order valence-electron chi connectivity index (χ4n) is 2.66. The third-order valence-electron chi connectivity index (χ3n) is 3.81. The van der Waals surface area contributed by atoms with E-state index in [1.54, 1.807) is 6.07 Å². The average molecular weight is 391 g/mol. The van der Waals surface area contributed by atoms with E-state index in [2.05, 4.69) is 21.6 Å². The molecule has 28 heavy (non-hydrogen) atoms. The Kier molecular flexibility index (Phi) is 5.48. The van der Waals surface area contributed by atoms with Crippen molar-refractivity contribution in [2.24, 2.45) is 0 Å². The number of nitrogens with one attached hydrogen (secondary N) is 1. The molecular weight excluding hydrogens is 375 g/mol. The van der Waals surface area contributed by atoms with Crippen molar-refractivity contribution in [3.05, 3.63) is 70.4 Å². The molecule has 0 radical (unpaired) electrons. The number of rotatable bonds is 7. The Labute approximate surface area is 157 Å². The number of alkyl halides is 2. The van der Waals surface area contributed by atoms with E-state index in [1.807, 2.05) is 0 Å². The number of ether oxygens (including phenoxy) is 1. The minimum absolute atomic E-state index is 0.000508. The second kappa shape index (κ2) is 7.99. The highest BCUT2D eigenvalue weighted by molar-refractivity contribution is 5.60. The molecule has 0 fully saturated rings. The first-order valence-electron chi connectivity index (χ1n) is 8.13. The Morgan fingerprint density at radius 1 is 1.39 bits per heavy atom. The van der Waals surface area contributed by atoms with Crippen LogP contribution in [-0.2, 0) is 6.42 Å². The highest BCUT2D eigenvalue weighted by atomic mass is 19.3. The van der Waals surface area contributed by atoms with Crippen LogP contribution >= 0.6 is 0 Å². The van der Waals surface area contributed by atoms with Crippen LogP contribution in [0.1, 0.15) is 17.7 Å². The summed E-state index contributed by atoms with van der Waals surface area (Å²) >= 11 is 0. The van der Waals surface area contributed by atoms with Crippen molar-refractivity contribution >= 4 is 5.95 Å². The second-order valence-electron chi connectivity index (χ2n) is 5.77. The lowest BCUT2D eigenvalue weighted by molar-refractivity contribution is 0.0567. The maximum atomic E-state index is 14.4. The summed E-state index contributed by atoms with van der Waals surface area (Å²) in [5.74, 6) is -0.523. The van der Waals surface area contributed by atoms with Gasteiger partial charge >= 0.3 is 6.55 Å². The van der Waals surface area contributed by atoms with E-state index in [4.69, 9.17) is 10.5 Å². The largest absolute Gasteiger partial charge is 0.489 e. The molecule has 7 nitrogen and oxygen atoms in total. The van der Waals surface area contributed by atoms with Gasteiger partial charge < -0.3 is 10.5 Å². The van der Waals surface area contributed by atoms with Crippen LogP contribution in [0.3, 0.4) is 0 Å². The van der Waals surface area contributed by atoms with Gasteiger partial charge in [0.15, 0.2) is 0 Å². The fourth-order valence-corrected chi connectivity index (χ4v) is 2.66.